The minimum atomic E-state index is -4.83. The van der Waals surface area contributed by atoms with Gasteiger partial charge in [-0.1, -0.05) is 22.8 Å². The first-order valence-corrected chi connectivity index (χ1v) is 17.0. The van der Waals surface area contributed by atoms with Crippen molar-refractivity contribution in [3.63, 3.8) is 0 Å². The Morgan fingerprint density at radius 3 is 2.27 bits per heavy atom. The van der Waals surface area contributed by atoms with Crippen molar-refractivity contribution in [2.75, 3.05) is 23.4 Å². The Morgan fingerprint density at radius 2 is 1.63 bits per heavy atom. The van der Waals surface area contributed by atoms with Gasteiger partial charge in [-0.2, -0.15) is 9.27 Å². The highest BCUT2D eigenvalue weighted by atomic mass is 35.5. The van der Waals surface area contributed by atoms with E-state index in [1.807, 2.05) is 0 Å². The minimum absolute atomic E-state index is 0.0209. The van der Waals surface area contributed by atoms with Gasteiger partial charge in [-0.25, -0.2) is 36.1 Å². The quantitative estimate of drug-likeness (QED) is 0.130. The molecule has 268 valence electrons. The van der Waals surface area contributed by atoms with Crippen LogP contribution in [0.1, 0.15) is 5.56 Å². The SMILES string of the molecule is COc1cc(CN(c2ncns2)S(=O)(=O)c2cc(F)c(Oc3ccc(Cl)cc3-c3ccc4onc(N(C(=O)O)C(=O)O)c4c3)cc2F)cc(OC)c1. The predicted molar refractivity (Wildman–Crippen MR) is 182 cm³/mol. The number of ether oxygens (including phenoxy) is 3. The van der Waals surface area contributed by atoms with Gasteiger partial charge in [-0.15, -0.1) is 0 Å². The lowest BCUT2D eigenvalue weighted by molar-refractivity contribution is 0.183. The number of anilines is 2. The number of halogens is 3. The molecule has 52 heavy (non-hydrogen) atoms. The summed E-state index contributed by atoms with van der Waals surface area (Å²) in [6, 6.07) is 14.0. The fourth-order valence-corrected chi connectivity index (χ4v) is 7.39. The first-order valence-electron chi connectivity index (χ1n) is 14.4. The summed E-state index contributed by atoms with van der Waals surface area (Å²) >= 11 is 6.96. The molecule has 20 heteroatoms. The molecule has 0 aliphatic carbocycles. The zero-order valence-corrected chi connectivity index (χ0v) is 28.9. The maximum atomic E-state index is 15.8. The van der Waals surface area contributed by atoms with Crippen LogP contribution in [0.4, 0.5) is 29.3 Å². The van der Waals surface area contributed by atoms with Gasteiger partial charge in [0, 0.05) is 40.3 Å². The third-order valence-corrected chi connectivity index (χ3v) is 10.2. The Labute approximate surface area is 301 Å². The van der Waals surface area contributed by atoms with E-state index >= 15 is 8.78 Å². The number of benzene rings is 4. The van der Waals surface area contributed by atoms with E-state index in [1.54, 1.807) is 18.2 Å². The Kier molecular flexibility index (Phi) is 9.83. The summed E-state index contributed by atoms with van der Waals surface area (Å²) < 4.78 is 85.5. The van der Waals surface area contributed by atoms with E-state index in [9.17, 15) is 28.2 Å². The Morgan fingerprint density at radius 1 is 0.923 bits per heavy atom. The van der Waals surface area contributed by atoms with Crippen LogP contribution in [0.5, 0.6) is 23.0 Å². The Hall–Kier alpha value is -6.05. The minimum Gasteiger partial charge on any atom is -0.497 e. The van der Waals surface area contributed by atoms with Crippen LogP contribution in [0, 0.1) is 11.6 Å². The zero-order valence-electron chi connectivity index (χ0n) is 26.5. The maximum Gasteiger partial charge on any atom is 0.422 e. The molecule has 0 aliphatic rings. The second-order valence-electron chi connectivity index (χ2n) is 10.5. The number of carbonyl (C=O) groups is 2. The maximum absolute atomic E-state index is 15.8. The van der Waals surface area contributed by atoms with Crippen LogP contribution in [0.25, 0.3) is 22.1 Å². The second kappa shape index (κ2) is 14.3. The summed E-state index contributed by atoms with van der Waals surface area (Å²) in [6.07, 6.45) is -2.56. The molecule has 15 nitrogen and oxygen atoms in total. The number of amides is 2. The van der Waals surface area contributed by atoms with Crippen LogP contribution in [0.3, 0.4) is 0 Å². The smallest absolute Gasteiger partial charge is 0.422 e. The average molecular weight is 774 g/mol. The number of hydrogen-bond acceptors (Lipinski definition) is 12. The van der Waals surface area contributed by atoms with Gasteiger partial charge in [0.05, 0.1) is 26.2 Å². The van der Waals surface area contributed by atoms with Crippen molar-refractivity contribution in [2.45, 2.75) is 11.4 Å². The van der Waals surface area contributed by atoms with Crippen LogP contribution in [0.15, 0.2) is 82.5 Å². The summed E-state index contributed by atoms with van der Waals surface area (Å²) in [5.74, 6) is -3.23. The molecule has 6 rings (SSSR count). The standard InChI is InChI=1S/C32H22ClF2N5O10S2/c1-47-19-7-16(8-20(11-19)48-2)14-39(30-36-15-37-51-30)52(45,46)28-13-23(34)27(12-24(28)35)49-25-6-4-18(33)10-21(25)17-3-5-26-22(9-17)29(38-50-26)40(31(41)42)32(43)44/h3-13,15H,14H2,1-2H3,(H,41,42)(H,43,44). The third-order valence-electron chi connectivity index (χ3n) is 7.37. The van der Waals surface area contributed by atoms with E-state index in [0.717, 1.165) is 10.6 Å². The van der Waals surface area contributed by atoms with Gasteiger partial charge in [-0.05, 0) is 53.6 Å². The van der Waals surface area contributed by atoms with E-state index in [2.05, 4.69) is 14.5 Å². The first-order chi connectivity index (χ1) is 24.8. The summed E-state index contributed by atoms with van der Waals surface area (Å²) in [4.78, 5) is 26.1. The van der Waals surface area contributed by atoms with Crippen LogP contribution >= 0.6 is 23.1 Å². The molecule has 2 heterocycles. The molecule has 2 N–H and O–H groups in total. The zero-order chi connectivity index (χ0) is 37.3. The molecule has 0 fully saturated rings. The second-order valence-corrected chi connectivity index (χ2v) is 13.6. The Bertz CT molecular complexity index is 2410. The van der Waals surface area contributed by atoms with Gasteiger partial charge in [0.2, 0.25) is 5.13 Å². The fourth-order valence-electron chi connectivity index (χ4n) is 5.01. The molecular formula is C32H22ClF2N5O10S2. The number of sulfonamides is 1. The van der Waals surface area contributed by atoms with Crippen molar-refractivity contribution < 1.29 is 55.7 Å². The number of fused-ring (bicyclic) bond motifs is 1. The molecule has 6 aromatic rings. The van der Waals surface area contributed by atoms with Gasteiger partial charge in [0.25, 0.3) is 10.0 Å². The highest BCUT2D eigenvalue weighted by molar-refractivity contribution is 7.93. The van der Waals surface area contributed by atoms with Gasteiger partial charge in [0.1, 0.15) is 34.3 Å². The number of carboxylic acid groups (broad SMARTS) is 2. The highest BCUT2D eigenvalue weighted by Crippen LogP contribution is 2.40. The third kappa shape index (κ3) is 6.96. The summed E-state index contributed by atoms with van der Waals surface area (Å²) in [5, 5.41) is 22.4. The molecule has 0 atom stereocenters. The Balaban J connectivity index is 1.37. The summed E-state index contributed by atoms with van der Waals surface area (Å²) in [6.45, 7) is -0.381. The van der Waals surface area contributed by atoms with Gasteiger partial charge in [-0.3, -0.25) is 0 Å². The molecule has 4 aromatic carbocycles. The molecule has 0 unspecified atom stereocenters. The van der Waals surface area contributed by atoms with Crippen LogP contribution in [-0.2, 0) is 16.6 Å². The number of hydrogen-bond donors (Lipinski definition) is 2. The van der Waals surface area contributed by atoms with Crippen LogP contribution in [-0.4, -0.2) is 59.6 Å². The average Bonchev–Trinajstić information content (AvgIpc) is 3.79. The van der Waals surface area contributed by atoms with Crippen molar-refractivity contribution in [3.05, 3.63) is 95.3 Å². The number of nitrogens with zero attached hydrogens (tertiary/aromatic N) is 5. The van der Waals surface area contributed by atoms with Gasteiger partial charge in [0.15, 0.2) is 23.0 Å². The van der Waals surface area contributed by atoms with Crippen molar-refractivity contribution >= 4 is 67.3 Å². The van der Waals surface area contributed by atoms with Gasteiger partial charge < -0.3 is 28.9 Å². The van der Waals surface area contributed by atoms with Gasteiger partial charge >= 0.3 is 12.2 Å². The van der Waals surface area contributed by atoms with Crippen molar-refractivity contribution in [1.29, 1.82) is 0 Å². The number of imide groups is 1. The van der Waals surface area contributed by atoms with E-state index in [1.165, 1.54) is 50.6 Å². The lowest BCUT2D eigenvalue weighted by atomic mass is 10.0. The fraction of sp³-hybridized carbons (Fsp3) is 0.0938. The number of aromatic nitrogens is 3. The van der Waals surface area contributed by atoms with E-state index in [-0.39, 0.29) is 49.4 Å². The van der Waals surface area contributed by atoms with Crippen LogP contribution < -0.4 is 23.4 Å². The molecule has 0 saturated heterocycles. The molecule has 2 aromatic heterocycles. The lowest BCUT2D eigenvalue weighted by Gasteiger charge is -2.22. The highest BCUT2D eigenvalue weighted by Gasteiger charge is 2.33. The first kappa shape index (κ1) is 35.8. The molecule has 0 saturated carbocycles. The molecule has 0 spiro atoms. The number of rotatable bonds is 11. The molecule has 0 radical (unpaired) electrons. The lowest BCUT2D eigenvalue weighted by Crippen LogP contribution is -2.34. The van der Waals surface area contributed by atoms with E-state index < -0.39 is 50.3 Å². The van der Waals surface area contributed by atoms with Crippen molar-refractivity contribution in [2.24, 2.45) is 0 Å². The summed E-state index contributed by atoms with van der Waals surface area (Å²) in [7, 11) is -2.01. The van der Waals surface area contributed by atoms with E-state index in [0.29, 0.717) is 40.7 Å². The number of methoxy groups -OCH3 is 2. The molecular weight excluding hydrogens is 752 g/mol. The molecule has 2 amide bonds. The topological polar surface area (TPSA) is 195 Å². The van der Waals surface area contributed by atoms with Crippen molar-refractivity contribution in [1.82, 2.24) is 14.5 Å². The van der Waals surface area contributed by atoms with Crippen LogP contribution in [0.2, 0.25) is 5.02 Å². The normalized spacial score (nSPS) is 11.3. The molecule has 0 aliphatic heterocycles. The monoisotopic (exact) mass is 773 g/mol. The van der Waals surface area contributed by atoms with E-state index in [4.69, 9.17) is 30.3 Å². The summed E-state index contributed by atoms with van der Waals surface area (Å²) in [5.41, 5.74) is 0.841. The molecule has 0 bridgehead atoms. The van der Waals surface area contributed by atoms with Crippen molar-refractivity contribution in [3.8, 4) is 34.1 Å². The largest absolute Gasteiger partial charge is 0.497 e. The predicted octanol–water partition coefficient (Wildman–Crippen LogP) is 7.65.